The molecule has 0 bridgehead atoms. The summed E-state index contributed by atoms with van der Waals surface area (Å²) in [5.74, 6) is 1.08. The fourth-order valence-electron chi connectivity index (χ4n) is 3.09. The lowest BCUT2D eigenvalue weighted by molar-refractivity contribution is -0.176. The van der Waals surface area contributed by atoms with Gasteiger partial charge in [0.2, 0.25) is 0 Å². The highest BCUT2D eigenvalue weighted by atomic mass is 32.2. The molecule has 2 heterocycles. The van der Waals surface area contributed by atoms with Crippen LogP contribution in [0, 0.1) is 6.92 Å². The number of nitrogens with zero attached hydrogens (tertiary/aromatic N) is 3. The zero-order chi connectivity index (χ0) is 26.0. The largest absolute Gasteiger partial charge is 0.446 e. The van der Waals surface area contributed by atoms with Gasteiger partial charge in [-0.05, 0) is 30.7 Å². The number of ether oxygens (including phenoxy) is 3. The van der Waals surface area contributed by atoms with Crippen LogP contribution in [-0.2, 0) is 20.0 Å². The average Bonchev–Trinajstić information content (AvgIpc) is 3.22. The number of pyridine rings is 1. The Hall–Kier alpha value is -2.32. The molecule has 3 aromatic rings. The zero-order valence-electron chi connectivity index (χ0n) is 19.5. The van der Waals surface area contributed by atoms with Crippen molar-refractivity contribution >= 4 is 40.7 Å². The number of benzene rings is 1. The van der Waals surface area contributed by atoms with Gasteiger partial charge in [0.25, 0.3) is 0 Å². The lowest BCUT2D eigenvalue weighted by atomic mass is 10.2. The molecule has 2 aromatic heterocycles. The molecular formula is C23H26F3N3O5S2. The van der Waals surface area contributed by atoms with Crippen LogP contribution in [0.3, 0.4) is 0 Å². The molecule has 3 rings (SSSR count). The molecule has 0 fully saturated rings. The molecule has 0 aliphatic heterocycles. The molecule has 0 saturated carbocycles. The fourth-order valence-corrected chi connectivity index (χ4v) is 5.02. The number of carbonyl (C=O) groups excluding carboxylic acids is 1. The molecule has 0 unspecified atom stereocenters. The second kappa shape index (κ2) is 13.8. The van der Waals surface area contributed by atoms with Crippen molar-refractivity contribution in [3.63, 3.8) is 0 Å². The quantitative estimate of drug-likeness (QED) is 0.242. The van der Waals surface area contributed by atoms with Gasteiger partial charge < -0.3 is 19.3 Å². The minimum Gasteiger partial charge on any atom is -0.446 e. The van der Waals surface area contributed by atoms with E-state index in [2.05, 4.69) is 14.7 Å². The first kappa shape index (κ1) is 28.3. The lowest BCUT2D eigenvalue weighted by Gasteiger charge is -2.11. The van der Waals surface area contributed by atoms with Gasteiger partial charge in [0.1, 0.15) is 13.2 Å². The first-order chi connectivity index (χ1) is 17.3. The van der Waals surface area contributed by atoms with Crippen LogP contribution in [0.1, 0.15) is 11.3 Å². The summed E-state index contributed by atoms with van der Waals surface area (Å²) in [7, 11) is 0. The second-order valence-electron chi connectivity index (χ2n) is 7.35. The molecule has 0 atom stereocenters. The maximum absolute atomic E-state index is 12.6. The number of thioether (sulfide) groups is 2. The molecule has 1 aromatic carbocycles. The third-order valence-electron chi connectivity index (χ3n) is 4.75. The number of carbonyl (C=O) groups is 1. The molecule has 8 nitrogen and oxygen atoms in total. The lowest BCUT2D eigenvalue weighted by Crippen LogP contribution is -2.19. The molecule has 0 aliphatic rings. The number of hydrogen-bond donors (Lipinski definition) is 1. The van der Waals surface area contributed by atoms with Crippen molar-refractivity contribution < 1.29 is 37.3 Å². The number of rotatable bonds is 13. The first-order valence-electron chi connectivity index (χ1n) is 11.0. The predicted octanol–water partition coefficient (Wildman–Crippen LogP) is 4.70. The molecule has 0 aliphatic carbocycles. The van der Waals surface area contributed by atoms with E-state index in [-0.39, 0.29) is 26.4 Å². The number of hydrogen-bond acceptors (Lipinski definition) is 9. The first-order valence-corrected chi connectivity index (χ1v) is 12.9. The van der Waals surface area contributed by atoms with Crippen molar-refractivity contribution in [2.75, 3.05) is 45.4 Å². The van der Waals surface area contributed by atoms with Gasteiger partial charge in [0.05, 0.1) is 43.2 Å². The summed E-state index contributed by atoms with van der Waals surface area (Å²) < 4.78 is 52.4. The standard InChI is InChI=1S/C23H26F3N3O5S2/c1-16-18(27-7-6-20(16)35-13-12-32-10-11-33-15-23(24,25)26)14-36-21-28-17-4-2-3-5-19(17)29(21)22(31)34-9-8-30/h2-7,30H,8-15H2,1H3. The number of aliphatic hydroxyl groups is 1. The Kier molecular flexibility index (Phi) is 10.9. The van der Waals surface area contributed by atoms with Crippen molar-refractivity contribution in [3.8, 4) is 0 Å². The molecular weight excluding hydrogens is 519 g/mol. The number of para-hydroxylation sites is 2. The van der Waals surface area contributed by atoms with Crippen molar-refractivity contribution in [2.24, 2.45) is 0 Å². The Bertz CT molecular complexity index is 1140. The van der Waals surface area contributed by atoms with Gasteiger partial charge in [0.15, 0.2) is 5.16 Å². The minimum absolute atomic E-state index is 0.0929. The molecule has 0 spiro atoms. The Labute approximate surface area is 214 Å². The van der Waals surface area contributed by atoms with Crippen molar-refractivity contribution in [3.05, 3.63) is 47.8 Å². The zero-order valence-corrected chi connectivity index (χ0v) is 21.1. The van der Waals surface area contributed by atoms with E-state index in [0.717, 1.165) is 16.2 Å². The fraction of sp³-hybridized carbons (Fsp3) is 0.435. The highest BCUT2D eigenvalue weighted by Gasteiger charge is 2.27. The van der Waals surface area contributed by atoms with E-state index in [0.29, 0.717) is 34.3 Å². The number of alkyl halides is 3. The van der Waals surface area contributed by atoms with Gasteiger partial charge in [-0.2, -0.15) is 13.2 Å². The number of fused-ring (bicyclic) bond motifs is 1. The number of halogens is 3. The van der Waals surface area contributed by atoms with Crippen molar-refractivity contribution in [1.29, 1.82) is 0 Å². The number of aromatic nitrogens is 3. The monoisotopic (exact) mass is 545 g/mol. The summed E-state index contributed by atoms with van der Waals surface area (Å²) in [6, 6.07) is 9.11. The summed E-state index contributed by atoms with van der Waals surface area (Å²) in [4.78, 5) is 22.6. The minimum atomic E-state index is -4.33. The predicted molar refractivity (Wildman–Crippen MR) is 131 cm³/mol. The van der Waals surface area contributed by atoms with Crippen LogP contribution < -0.4 is 0 Å². The molecule has 0 radical (unpaired) electrons. The topological polar surface area (TPSA) is 95.7 Å². The Morgan fingerprint density at radius 1 is 1.08 bits per heavy atom. The number of aliphatic hydroxyl groups excluding tert-OH is 1. The third-order valence-corrected chi connectivity index (χ3v) is 6.82. The Morgan fingerprint density at radius 2 is 1.86 bits per heavy atom. The van der Waals surface area contributed by atoms with Crippen LogP contribution in [-0.4, -0.2) is 77.3 Å². The third kappa shape index (κ3) is 8.37. The summed E-state index contributed by atoms with van der Waals surface area (Å²) >= 11 is 2.91. The summed E-state index contributed by atoms with van der Waals surface area (Å²) in [6.45, 7) is 0.641. The maximum Gasteiger partial charge on any atom is 0.420 e. The van der Waals surface area contributed by atoms with Crippen LogP contribution >= 0.6 is 23.5 Å². The van der Waals surface area contributed by atoms with E-state index in [9.17, 15) is 18.0 Å². The number of imidazole rings is 1. The van der Waals surface area contributed by atoms with Crippen LogP contribution in [0.5, 0.6) is 0 Å². The van der Waals surface area contributed by atoms with Crippen molar-refractivity contribution in [2.45, 2.75) is 28.9 Å². The molecule has 0 saturated heterocycles. The average molecular weight is 546 g/mol. The van der Waals surface area contributed by atoms with Gasteiger partial charge in [-0.15, -0.1) is 11.8 Å². The van der Waals surface area contributed by atoms with Crippen LogP contribution in [0.15, 0.2) is 46.6 Å². The van der Waals surface area contributed by atoms with Crippen molar-refractivity contribution in [1.82, 2.24) is 14.5 Å². The molecule has 1 N–H and O–H groups in total. The van der Waals surface area contributed by atoms with Gasteiger partial charge in [-0.25, -0.2) is 14.3 Å². The Balaban J connectivity index is 1.55. The molecule has 196 valence electrons. The molecule has 13 heteroatoms. The van der Waals surface area contributed by atoms with Gasteiger partial charge in [-0.1, -0.05) is 23.9 Å². The van der Waals surface area contributed by atoms with Gasteiger partial charge in [0, 0.05) is 22.6 Å². The maximum atomic E-state index is 12.6. The summed E-state index contributed by atoms with van der Waals surface area (Å²) in [5.41, 5.74) is 3.07. The molecule has 0 amide bonds. The van der Waals surface area contributed by atoms with E-state index in [1.54, 1.807) is 36.2 Å². The highest BCUT2D eigenvalue weighted by molar-refractivity contribution is 7.99. The van der Waals surface area contributed by atoms with E-state index < -0.39 is 18.9 Å². The van der Waals surface area contributed by atoms with E-state index in [1.165, 1.54) is 16.3 Å². The summed E-state index contributed by atoms with van der Waals surface area (Å²) in [6.07, 6.45) is -3.24. The smallest absolute Gasteiger partial charge is 0.420 e. The van der Waals surface area contributed by atoms with Gasteiger partial charge >= 0.3 is 12.3 Å². The van der Waals surface area contributed by atoms with E-state index in [1.807, 2.05) is 19.1 Å². The second-order valence-corrected chi connectivity index (χ2v) is 9.43. The Morgan fingerprint density at radius 3 is 2.64 bits per heavy atom. The molecule has 36 heavy (non-hydrogen) atoms. The summed E-state index contributed by atoms with van der Waals surface area (Å²) in [5, 5.41) is 9.45. The van der Waals surface area contributed by atoms with Gasteiger partial charge in [-0.3, -0.25) is 4.98 Å². The SMILES string of the molecule is Cc1c(SCCOCCOCC(F)(F)F)ccnc1CSc1nc2ccccc2n1C(=O)OCCO. The van der Waals surface area contributed by atoms with E-state index >= 15 is 0 Å². The van der Waals surface area contributed by atoms with Crippen LogP contribution in [0.4, 0.5) is 18.0 Å². The van der Waals surface area contributed by atoms with E-state index in [4.69, 9.17) is 14.6 Å². The van der Waals surface area contributed by atoms with Crippen LogP contribution in [0.25, 0.3) is 11.0 Å². The normalized spacial score (nSPS) is 11.8. The van der Waals surface area contributed by atoms with Crippen LogP contribution in [0.2, 0.25) is 0 Å². The highest BCUT2D eigenvalue weighted by Crippen LogP contribution is 2.30.